The van der Waals surface area contributed by atoms with E-state index in [1.165, 1.54) is 11.0 Å². The van der Waals surface area contributed by atoms with Crippen LogP contribution in [0.3, 0.4) is 0 Å². The molecule has 0 aromatic carbocycles. The predicted octanol–water partition coefficient (Wildman–Crippen LogP) is 0.716. The van der Waals surface area contributed by atoms with Crippen LogP contribution in [0.15, 0.2) is 12.7 Å². The van der Waals surface area contributed by atoms with Crippen molar-refractivity contribution in [2.75, 3.05) is 32.7 Å². The van der Waals surface area contributed by atoms with Crippen molar-refractivity contribution >= 4 is 35.4 Å². The van der Waals surface area contributed by atoms with E-state index in [9.17, 15) is 28.8 Å². The number of hydrogen-bond donors (Lipinski definition) is 4. The lowest BCUT2D eigenvalue weighted by Gasteiger charge is -2.35. The number of likely N-dealkylation sites (tertiary alicyclic amines) is 1. The van der Waals surface area contributed by atoms with Gasteiger partial charge in [0.05, 0.1) is 12.6 Å². The van der Waals surface area contributed by atoms with Crippen LogP contribution in [-0.4, -0.2) is 96.1 Å². The minimum absolute atomic E-state index is 0.126. The summed E-state index contributed by atoms with van der Waals surface area (Å²) in [4.78, 5) is 79.6. The fourth-order valence-corrected chi connectivity index (χ4v) is 4.38. The van der Waals surface area contributed by atoms with E-state index in [1.807, 2.05) is 20.8 Å². The molecule has 3 atom stereocenters. The molecule has 12 heteroatoms. The average Bonchev–Trinajstić information content (AvgIpc) is 3.38. The zero-order chi connectivity index (χ0) is 29.8. The van der Waals surface area contributed by atoms with Crippen molar-refractivity contribution in [3.8, 4) is 0 Å². The minimum Gasteiger partial charge on any atom is -0.346 e. The van der Waals surface area contributed by atoms with Gasteiger partial charge in [0.25, 0.3) is 5.91 Å². The summed E-state index contributed by atoms with van der Waals surface area (Å²) in [5, 5.41) is 10.3. The van der Waals surface area contributed by atoms with E-state index in [0.717, 1.165) is 0 Å². The van der Waals surface area contributed by atoms with Gasteiger partial charge in [-0.2, -0.15) is 0 Å². The van der Waals surface area contributed by atoms with Crippen LogP contribution in [0.1, 0.15) is 67.2 Å². The van der Waals surface area contributed by atoms with Crippen molar-refractivity contribution < 1.29 is 28.8 Å². The van der Waals surface area contributed by atoms with Crippen molar-refractivity contribution in [1.29, 1.82) is 0 Å². The SMILES string of the molecule is C=CCNC(=O)C(=O)C(CCC)NC(=O)C1CCCN1C(=O)C(NC(=O)NCC(=O)N(CC)CC)C(C)(C)C. The van der Waals surface area contributed by atoms with Gasteiger partial charge in [0.1, 0.15) is 12.1 Å². The lowest BCUT2D eigenvalue weighted by molar-refractivity contribution is -0.143. The van der Waals surface area contributed by atoms with Gasteiger partial charge >= 0.3 is 6.03 Å². The van der Waals surface area contributed by atoms with E-state index in [2.05, 4.69) is 27.8 Å². The number of likely N-dealkylation sites (N-methyl/N-ethyl adjacent to an activating group) is 1. The maximum atomic E-state index is 13.6. The highest BCUT2D eigenvalue weighted by Crippen LogP contribution is 2.26. The largest absolute Gasteiger partial charge is 0.346 e. The van der Waals surface area contributed by atoms with Crippen molar-refractivity contribution in [2.24, 2.45) is 5.41 Å². The fraction of sp³-hybridized carbons (Fsp3) is 0.704. The van der Waals surface area contributed by atoms with E-state index in [0.29, 0.717) is 38.9 Å². The topological polar surface area (TPSA) is 157 Å². The normalized spacial score (nSPS) is 16.5. The second-order valence-corrected chi connectivity index (χ2v) is 10.6. The highest BCUT2D eigenvalue weighted by atomic mass is 16.2. The molecule has 12 nitrogen and oxygen atoms in total. The number of carbonyl (C=O) groups excluding carboxylic acids is 6. The Balaban J connectivity index is 2.97. The molecule has 220 valence electrons. The van der Waals surface area contributed by atoms with E-state index in [-0.39, 0.29) is 25.4 Å². The standard InChI is InChI=1S/C27H46N6O6/c1-8-13-18(21(35)24(37)28-15-9-2)30-23(36)19-14-12-16-33(19)25(38)22(27(5,6)7)31-26(39)29-17-20(34)32(10-3)11-4/h9,18-19,22H,2,8,10-17H2,1,3-7H3,(H,28,37)(H,30,36)(H2,29,31,39). The zero-order valence-corrected chi connectivity index (χ0v) is 24.2. The van der Waals surface area contributed by atoms with Crippen molar-refractivity contribution in [2.45, 2.75) is 85.4 Å². The monoisotopic (exact) mass is 550 g/mol. The van der Waals surface area contributed by atoms with E-state index >= 15 is 0 Å². The summed E-state index contributed by atoms with van der Waals surface area (Å²) in [6.45, 7) is 15.7. The van der Waals surface area contributed by atoms with Gasteiger partial charge < -0.3 is 31.1 Å². The molecule has 0 spiro atoms. The summed E-state index contributed by atoms with van der Waals surface area (Å²) < 4.78 is 0. The number of rotatable bonds is 14. The summed E-state index contributed by atoms with van der Waals surface area (Å²) >= 11 is 0. The number of Topliss-reactive ketones (excluding diaryl/α,β-unsaturated/α-hetero) is 1. The van der Waals surface area contributed by atoms with E-state index in [1.54, 1.807) is 25.7 Å². The summed E-state index contributed by atoms with van der Waals surface area (Å²) in [7, 11) is 0. The maximum Gasteiger partial charge on any atom is 0.315 e. The molecule has 1 rings (SSSR count). The highest BCUT2D eigenvalue weighted by Gasteiger charge is 2.42. The van der Waals surface area contributed by atoms with Gasteiger partial charge in [0, 0.05) is 26.2 Å². The number of hydrogen-bond acceptors (Lipinski definition) is 6. The Bertz CT molecular complexity index is 911. The molecular weight excluding hydrogens is 504 g/mol. The third kappa shape index (κ3) is 9.99. The smallest absolute Gasteiger partial charge is 0.315 e. The van der Waals surface area contributed by atoms with Crippen LogP contribution in [0.2, 0.25) is 0 Å². The Kier molecular flexibility index (Phi) is 13.6. The van der Waals surface area contributed by atoms with Crippen molar-refractivity contribution in [3.05, 3.63) is 12.7 Å². The molecule has 0 aliphatic carbocycles. The van der Waals surface area contributed by atoms with Gasteiger partial charge in [-0.1, -0.05) is 40.2 Å². The molecule has 0 aromatic rings. The van der Waals surface area contributed by atoms with Gasteiger partial charge in [-0.05, 0) is 38.5 Å². The first-order valence-corrected chi connectivity index (χ1v) is 13.7. The molecule has 1 aliphatic rings. The van der Waals surface area contributed by atoms with Gasteiger partial charge in [-0.25, -0.2) is 4.79 Å². The Morgan fingerprint density at radius 3 is 2.21 bits per heavy atom. The first-order valence-electron chi connectivity index (χ1n) is 13.7. The van der Waals surface area contributed by atoms with Crippen LogP contribution in [0.25, 0.3) is 0 Å². The number of urea groups is 1. The van der Waals surface area contributed by atoms with Gasteiger partial charge in [0.15, 0.2) is 0 Å². The van der Waals surface area contributed by atoms with Gasteiger partial charge in [-0.15, -0.1) is 6.58 Å². The molecule has 0 bridgehead atoms. The lowest BCUT2D eigenvalue weighted by atomic mass is 9.85. The van der Waals surface area contributed by atoms with Crippen LogP contribution in [-0.2, 0) is 24.0 Å². The third-order valence-electron chi connectivity index (χ3n) is 6.58. The Labute approximate surface area is 231 Å². The first kappa shape index (κ1) is 33.6. The Morgan fingerprint density at radius 1 is 1.03 bits per heavy atom. The van der Waals surface area contributed by atoms with E-state index in [4.69, 9.17) is 0 Å². The molecule has 3 unspecified atom stereocenters. The highest BCUT2D eigenvalue weighted by molar-refractivity contribution is 6.38. The maximum absolute atomic E-state index is 13.6. The molecule has 1 aliphatic heterocycles. The number of carbonyl (C=O) groups is 6. The summed E-state index contributed by atoms with van der Waals surface area (Å²) in [5.41, 5.74) is -0.703. The second kappa shape index (κ2) is 15.8. The molecule has 1 fully saturated rings. The quantitative estimate of drug-likeness (QED) is 0.184. The van der Waals surface area contributed by atoms with Gasteiger partial charge in [0.2, 0.25) is 23.5 Å². The van der Waals surface area contributed by atoms with Gasteiger partial charge in [-0.3, -0.25) is 24.0 Å². The van der Waals surface area contributed by atoms with E-state index < -0.39 is 53.1 Å². The predicted molar refractivity (Wildman–Crippen MR) is 147 cm³/mol. The number of nitrogens with one attached hydrogen (secondary N) is 4. The molecular formula is C27H46N6O6. The number of ketones is 1. The van der Waals surface area contributed by atoms with Crippen LogP contribution in [0.5, 0.6) is 0 Å². The number of amides is 6. The third-order valence-corrected chi connectivity index (χ3v) is 6.58. The van der Waals surface area contributed by atoms with Crippen LogP contribution >= 0.6 is 0 Å². The summed E-state index contributed by atoms with van der Waals surface area (Å²) in [5.74, 6) is -2.76. The molecule has 0 saturated carbocycles. The molecule has 6 amide bonds. The molecule has 39 heavy (non-hydrogen) atoms. The fourth-order valence-electron chi connectivity index (χ4n) is 4.38. The average molecular weight is 551 g/mol. The van der Waals surface area contributed by atoms with Crippen molar-refractivity contribution in [1.82, 2.24) is 31.1 Å². The lowest BCUT2D eigenvalue weighted by Crippen LogP contribution is -2.60. The molecule has 0 aromatic heterocycles. The molecule has 0 radical (unpaired) electrons. The molecule has 1 heterocycles. The first-order chi connectivity index (χ1) is 18.3. The molecule has 4 N–H and O–H groups in total. The summed E-state index contributed by atoms with van der Waals surface area (Å²) in [6.07, 6.45) is 3.22. The zero-order valence-electron chi connectivity index (χ0n) is 24.2. The van der Waals surface area contributed by atoms with Crippen LogP contribution in [0.4, 0.5) is 4.79 Å². The second-order valence-electron chi connectivity index (χ2n) is 10.6. The van der Waals surface area contributed by atoms with Crippen LogP contribution < -0.4 is 21.3 Å². The van der Waals surface area contributed by atoms with Crippen molar-refractivity contribution in [3.63, 3.8) is 0 Å². The van der Waals surface area contributed by atoms with Crippen LogP contribution in [0, 0.1) is 5.41 Å². The summed E-state index contributed by atoms with van der Waals surface area (Å²) in [6, 6.07) is -3.51. The Hall–Kier alpha value is -3.44. The molecule has 1 saturated heterocycles. The Morgan fingerprint density at radius 2 is 1.67 bits per heavy atom. The minimum atomic E-state index is -1.02. The number of nitrogens with zero attached hydrogens (tertiary/aromatic N) is 2.